The molecule has 0 unspecified atom stereocenters. The molecule has 0 saturated heterocycles. The fourth-order valence-electron chi connectivity index (χ4n) is 2.56. The molecular formula is C16H14FNO3S. The molecule has 0 spiro atoms. The molecule has 2 aromatic carbocycles. The van der Waals surface area contributed by atoms with Gasteiger partial charge >= 0.3 is 0 Å². The molecule has 0 aliphatic carbocycles. The van der Waals surface area contributed by atoms with Gasteiger partial charge in [-0.3, -0.25) is 9.10 Å². The van der Waals surface area contributed by atoms with E-state index in [0.29, 0.717) is 5.56 Å². The number of benzene rings is 2. The minimum Gasteiger partial charge on any atom is -0.294 e. The Kier molecular flexibility index (Phi) is 3.70. The molecule has 1 aliphatic heterocycles. The fraction of sp³-hybridized carbons (Fsp3) is 0.188. The van der Waals surface area contributed by atoms with Gasteiger partial charge < -0.3 is 0 Å². The average molecular weight is 319 g/mol. The number of sulfonamides is 1. The molecule has 0 atom stereocenters. The van der Waals surface area contributed by atoms with Crippen molar-refractivity contribution in [1.29, 1.82) is 0 Å². The Bertz CT molecular complexity index is 819. The standard InChI is InChI=1S/C16H14FNO3S/c17-13-6-7-15-14(10-13)16(19)8-9-18(15)22(20,21)11-12-4-2-1-3-5-12/h1-7,10H,8-9,11H2. The lowest BCUT2D eigenvalue weighted by molar-refractivity contribution is 0.0981. The minimum atomic E-state index is -3.63. The van der Waals surface area contributed by atoms with Crippen molar-refractivity contribution in [2.24, 2.45) is 0 Å². The van der Waals surface area contributed by atoms with Crippen molar-refractivity contribution in [1.82, 2.24) is 0 Å². The van der Waals surface area contributed by atoms with Crippen LogP contribution < -0.4 is 4.31 Å². The van der Waals surface area contributed by atoms with Gasteiger partial charge in [0.05, 0.1) is 11.4 Å². The first-order valence-electron chi connectivity index (χ1n) is 6.84. The van der Waals surface area contributed by atoms with Gasteiger partial charge in [0.25, 0.3) is 0 Å². The van der Waals surface area contributed by atoms with Gasteiger partial charge in [-0.15, -0.1) is 0 Å². The maximum Gasteiger partial charge on any atom is 0.239 e. The van der Waals surface area contributed by atoms with Crippen LogP contribution in [0.15, 0.2) is 48.5 Å². The summed E-state index contributed by atoms with van der Waals surface area (Å²) < 4.78 is 39.8. The summed E-state index contributed by atoms with van der Waals surface area (Å²) in [5.74, 6) is -0.936. The van der Waals surface area contributed by atoms with Gasteiger partial charge in [-0.25, -0.2) is 12.8 Å². The molecule has 0 saturated carbocycles. The number of hydrogen-bond acceptors (Lipinski definition) is 3. The van der Waals surface area contributed by atoms with Crippen molar-refractivity contribution in [2.75, 3.05) is 10.8 Å². The van der Waals surface area contributed by atoms with E-state index >= 15 is 0 Å². The Balaban J connectivity index is 1.99. The third kappa shape index (κ3) is 2.74. The Labute approximate surface area is 128 Å². The number of anilines is 1. The molecule has 0 aromatic heterocycles. The van der Waals surface area contributed by atoms with Crippen LogP contribution in [0.1, 0.15) is 22.3 Å². The molecule has 0 radical (unpaired) electrons. The van der Waals surface area contributed by atoms with E-state index in [1.165, 1.54) is 16.4 Å². The SMILES string of the molecule is O=C1CCN(S(=O)(=O)Cc2ccccc2)c2ccc(F)cc21. The van der Waals surface area contributed by atoms with Crippen LogP contribution in [-0.4, -0.2) is 20.7 Å². The predicted octanol–water partition coefficient (Wildman–Crippen LogP) is 2.75. The molecular weight excluding hydrogens is 305 g/mol. The highest BCUT2D eigenvalue weighted by atomic mass is 32.2. The number of nitrogens with zero attached hydrogens (tertiary/aromatic N) is 1. The molecule has 4 nitrogen and oxygen atoms in total. The highest BCUT2D eigenvalue weighted by Crippen LogP contribution is 2.31. The summed E-state index contributed by atoms with van der Waals surface area (Å²) in [6, 6.07) is 12.4. The van der Waals surface area contributed by atoms with Gasteiger partial charge in [-0.2, -0.15) is 0 Å². The van der Waals surface area contributed by atoms with E-state index < -0.39 is 15.8 Å². The second-order valence-electron chi connectivity index (χ2n) is 5.15. The van der Waals surface area contributed by atoms with Gasteiger partial charge in [0, 0.05) is 18.5 Å². The molecule has 3 rings (SSSR count). The van der Waals surface area contributed by atoms with Crippen LogP contribution in [0, 0.1) is 5.82 Å². The normalized spacial score (nSPS) is 14.8. The zero-order valence-electron chi connectivity index (χ0n) is 11.7. The molecule has 0 bridgehead atoms. The predicted molar refractivity (Wildman–Crippen MR) is 81.8 cm³/mol. The van der Waals surface area contributed by atoms with Crippen LogP contribution in [0.3, 0.4) is 0 Å². The van der Waals surface area contributed by atoms with E-state index in [4.69, 9.17) is 0 Å². The molecule has 6 heteroatoms. The van der Waals surface area contributed by atoms with E-state index in [2.05, 4.69) is 0 Å². The second kappa shape index (κ2) is 5.53. The van der Waals surface area contributed by atoms with Crippen LogP contribution in [0.4, 0.5) is 10.1 Å². The van der Waals surface area contributed by atoms with Crippen LogP contribution in [0.2, 0.25) is 0 Å². The second-order valence-corrected chi connectivity index (χ2v) is 7.04. The summed E-state index contributed by atoms with van der Waals surface area (Å²) >= 11 is 0. The van der Waals surface area contributed by atoms with Gasteiger partial charge in [-0.1, -0.05) is 30.3 Å². The van der Waals surface area contributed by atoms with Crippen LogP contribution in [0.5, 0.6) is 0 Å². The maximum atomic E-state index is 13.3. The molecule has 114 valence electrons. The van der Waals surface area contributed by atoms with E-state index in [1.54, 1.807) is 24.3 Å². The summed E-state index contributed by atoms with van der Waals surface area (Å²) in [5, 5.41) is 0. The smallest absolute Gasteiger partial charge is 0.239 e. The number of carbonyl (C=O) groups excluding carboxylic acids is 1. The zero-order valence-corrected chi connectivity index (χ0v) is 12.5. The van der Waals surface area contributed by atoms with E-state index in [1.807, 2.05) is 6.07 Å². The van der Waals surface area contributed by atoms with Gasteiger partial charge in [-0.05, 0) is 23.8 Å². The lowest BCUT2D eigenvalue weighted by Crippen LogP contribution is -2.38. The van der Waals surface area contributed by atoms with Crippen molar-refractivity contribution in [3.63, 3.8) is 0 Å². The highest BCUT2D eigenvalue weighted by Gasteiger charge is 2.31. The van der Waals surface area contributed by atoms with Crippen molar-refractivity contribution in [3.05, 3.63) is 65.5 Å². The third-order valence-electron chi connectivity index (χ3n) is 3.60. The topological polar surface area (TPSA) is 54.5 Å². The average Bonchev–Trinajstić information content (AvgIpc) is 2.48. The zero-order chi connectivity index (χ0) is 15.7. The Morgan fingerprint density at radius 2 is 1.82 bits per heavy atom. The van der Waals surface area contributed by atoms with E-state index in [0.717, 1.165) is 6.07 Å². The van der Waals surface area contributed by atoms with Crippen LogP contribution >= 0.6 is 0 Å². The Morgan fingerprint density at radius 3 is 2.55 bits per heavy atom. The van der Waals surface area contributed by atoms with E-state index in [-0.39, 0.29) is 35.8 Å². The number of ketones is 1. The first-order valence-corrected chi connectivity index (χ1v) is 8.45. The monoisotopic (exact) mass is 319 g/mol. The minimum absolute atomic E-state index is 0.0600. The Morgan fingerprint density at radius 1 is 1.09 bits per heavy atom. The summed E-state index contributed by atoms with van der Waals surface area (Å²) in [6.07, 6.45) is 0.0600. The molecule has 0 amide bonds. The van der Waals surface area contributed by atoms with Crippen LogP contribution in [0.25, 0.3) is 0 Å². The summed E-state index contributed by atoms with van der Waals surface area (Å²) in [7, 11) is -3.63. The summed E-state index contributed by atoms with van der Waals surface area (Å²) in [6.45, 7) is 0.0899. The Hall–Kier alpha value is -2.21. The molecule has 1 aliphatic rings. The van der Waals surface area contributed by atoms with Crippen LogP contribution in [-0.2, 0) is 15.8 Å². The van der Waals surface area contributed by atoms with Crippen molar-refractivity contribution in [3.8, 4) is 0 Å². The van der Waals surface area contributed by atoms with Crippen molar-refractivity contribution >= 4 is 21.5 Å². The molecule has 1 heterocycles. The largest absolute Gasteiger partial charge is 0.294 e. The maximum absolute atomic E-state index is 13.3. The fourth-order valence-corrected chi connectivity index (χ4v) is 4.16. The highest BCUT2D eigenvalue weighted by molar-refractivity contribution is 7.92. The number of rotatable bonds is 3. The molecule has 0 fully saturated rings. The van der Waals surface area contributed by atoms with Gasteiger partial charge in [0.2, 0.25) is 10.0 Å². The lowest BCUT2D eigenvalue weighted by Gasteiger charge is -2.29. The summed E-state index contributed by atoms with van der Waals surface area (Å²) in [4.78, 5) is 11.9. The van der Waals surface area contributed by atoms with Crippen molar-refractivity contribution in [2.45, 2.75) is 12.2 Å². The summed E-state index contributed by atoms with van der Waals surface area (Å²) in [5.41, 5.74) is 1.06. The lowest BCUT2D eigenvalue weighted by atomic mass is 10.0. The quantitative estimate of drug-likeness (QED) is 0.874. The van der Waals surface area contributed by atoms with Gasteiger partial charge in [0.15, 0.2) is 5.78 Å². The number of halogens is 1. The molecule has 22 heavy (non-hydrogen) atoms. The molecule has 2 aromatic rings. The van der Waals surface area contributed by atoms with Gasteiger partial charge in [0.1, 0.15) is 5.82 Å². The van der Waals surface area contributed by atoms with E-state index in [9.17, 15) is 17.6 Å². The first-order chi connectivity index (χ1) is 10.5. The third-order valence-corrected chi connectivity index (χ3v) is 5.35. The number of fused-ring (bicyclic) bond motifs is 1. The number of hydrogen-bond donors (Lipinski definition) is 0. The number of carbonyl (C=O) groups is 1. The number of Topliss-reactive ketones (excluding diaryl/α,β-unsaturated/α-hetero) is 1. The molecule has 0 N–H and O–H groups in total. The van der Waals surface area contributed by atoms with Crippen molar-refractivity contribution < 1.29 is 17.6 Å². The first kappa shape index (κ1) is 14.7.